The van der Waals surface area contributed by atoms with Crippen molar-refractivity contribution in [1.82, 2.24) is 19.9 Å². The molecule has 0 atom stereocenters. The number of benzene rings is 1. The second-order valence-electron chi connectivity index (χ2n) is 5.14. The van der Waals surface area contributed by atoms with Gasteiger partial charge in [-0.1, -0.05) is 29.3 Å². The Morgan fingerprint density at radius 2 is 1.92 bits per heavy atom. The van der Waals surface area contributed by atoms with Crippen LogP contribution < -0.4 is 5.32 Å². The van der Waals surface area contributed by atoms with Crippen LogP contribution in [0.2, 0.25) is 10.0 Å². The molecule has 4 aromatic rings. The summed E-state index contributed by atoms with van der Waals surface area (Å²) in [6.45, 7) is 2.00. The Morgan fingerprint density at radius 3 is 2.62 bits per heavy atom. The summed E-state index contributed by atoms with van der Waals surface area (Å²) < 4.78 is 0. The van der Waals surface area contributed by atoms with E-state index in [-0.39, 0.29) is 0 Å². The maximum absolute atomic E-state index is 6.28. The smallest absolute Gasteiger partial charge is 0.188 e. The average Bonchev–Trinajstić information content (AvgIpc) is 3.14. The molecule has 24 heavy (non-hydrogen) atoms. The zero-order valence-corrected chi connectivity index (χ0v) is 14.8. The number of hydrogen-bond acceptors (Lipinski definition) is 5. The van der Waals surface area contributed by atoms with Gasteiger partial charge in [0.05, 0.1) is 21.1 Å². The summed E-state index contributed by atoms with van der Waals surface area (Å²) >= 11 is 14.1. The van der Waals surface area contributed by atoms with Gasteiger partial charge < -0.3 is 10.3 Å². The van der Waals surface area contributed by atoms with Crippen molar-refractivity contribution < 1.29 is 0 Å². The van der Waals surface area contributed by atoms with Crippen molar-refractivity contribution in [3.8, 4) is 11.4 Å². The van der Waals surface area contributed by atoms with E-state index in [1.807, 2.05) is 19.2 Å². The molecule has 8 heteroatoms. The maximum atomic E-state index is 6.28. The van der Waals surface area contributed by atoms with Crippen LogP contribution >= 0.6 is 34.5 Å². The largest absolute Gasteiger partial charge is 0.338 e. The number of aromatic amines is 1. The Kier molecular flexibility index (Phi) is 3.88. The molecule has 3 heterocycles. The molecule has 0 aliphatic heterocycles. The molecule has 0 saturated carbocycles. The van der Waals surface area contributed by atoms with Crippen LogP contribution in [-0.4, -0.2) is 19.9 Å². The molecule has 0 aliphatic carbocycles. The van der Waals surface area contributed by atoms with E-state index in [1.54, 1.807) is 35.7 Å². The molecule has 0 fully saturated rings. The topological polar surface area (TPSA) is 66.5 Å². The number of rotatable bonds is 3. The van der Waals surface area contributed by atoms with Crippen LogP contribution in [0.5, 0.6) is 0 Å². The van der Waals surface area contributed by atoms with Crippen LogP contribution in [-0.2, 0) is 0 Å². The summed E-state index contributed by atoms with van der Waals surface area (Å²) in [6.07, 6.45) is 3.52. The number of fused-ring (bicyclic) bond motifs is 1. The monoisotopic (exact) mass is 375 g/mol. The summed E-state index contributed by atoms with van der Waals surface area (Å²) in [4.78, 5) is 17.7. The van der Waals surface area contributed by atoms with Gasteiger partial charge in [0.1, 0.15) is 11.3 Å². The molecule has 1 aromatic carbocycles. The summed E-state index contributed by atoms with van der Waals surface area (Å²) in [6, 6.07) is 7.22. The zero-order valence-electron chi connectivity index (χ0n) is 12.5. The first-order valence-corrected chi connectivity index (χ1v) is 8.67. The predicted molar refractivity (Wildman–Crippen MR) is 99.5 cm³/mol. The summed E-state index contributed by atoms with van der Waals surface area (Å²) in [5.41, 5.74) is 2.22. The van der Waals surface area contributed by atoms with Gasteiger partial charge in [-0.25, -0.2) is 15.0 Å². The Balaban J connectivity index is 1.82. The van der Waals surface area contributed by atoms with E-state index in [9.17, 15) is 0 Å². The van der Waals surface area contributed by atoms with E-state index in [4.69, 9.17) is 23.2 Å². The molecule has 4 rings (SSSR count). The van der Waals surface area contributed by atoms with Crippen LogP contribution in [0.1, 0.15) is 4.88 Å². The number of hydrogen-bond donors (Lipinski definition) is 2. The first-order valence-electron chi connectivity index (χ1n) is 7.10. The van der Waals surface area contributed by atoms with E-state index >= 15 is 0 Å². The molecule has 0 spiro atoms. The molecule has 0 amide bonds. The number of imidazole rings is 1. The number of pyridine rings is 1. The minimum Gasteiger partial charge on any atom is -0.338 e. The van der Waals surface area contributed by atoms with Crippen molar-refractivity contribution in [2.75, 3.05) is 5.32 Å². The quantitative estimate of drug-likeness (QED) is 0.500. The summed E-state index contributed by atoms with van der Waals surface area (Å²) in [5.74, 6) is 1.24. The molecular weight excluding hydrogens is 365 g/mol. The van der Waals surface area contributed by atoms with Gasteiger partial charge in [0.25, 0.3) is 0 Å². The average molecular weight is 376 g/mol. The maximum Gasteiger partial charge on any atom is 0.188 e. The fraction of sp³-hybridized carbons (Fsp3) is 0.0625. The first-order chi connectivity index (χ1) is 11.6. The Labute approximate surface area is 151 Å². The van der Waals surface area contributed by atoms with Crippen LogP contribution in [0.15, 0.2) is 36.7 Å². The van der Waals surface area contributed by atoms with Gasteiger partial charge in [-0.15, -0.1) is 11.3 Å². The molecule has 0 radical (unpaired) electrons. The van der Waals surface area contributed by atoms with Gasteiger partial charge in [-0.2, -0.15) is 0 Å². The second-order valence-corrected chi connectivity index (χ2v) is 7.19. The first kappa shape index (κ1) is 15.4. The Bertz CT molecular complexity index is 1020. The zero-order chi connectivity index (χ0) is 16.7. The number of halogens is 2. The van der Waals surface area contributed by atoms with Crippen molar-refractivity contribution in [3.63, 3.8) is 0 Å². The number of anilines is 2. The van der Waals surface area contributed by atoms with Gasteiger partial charge in [0.2, 0.25) is 0 Å². The lowest BCUT2D eigenvalue weighted by molar-refractivity contribution is 1.29. The second kappa shape index (κ2) is 6.05. The van der Waals surface area contributed by atoms with Crippen molar-refractivity contribution in [1.29, 1.82) is 0 Å². The van der Waals surface area contributed by atoms with Crippen molar-refractivity contribution in [2.45, 2.75) is 6.92 Å². The highest BCUT2D eigenvalue weighted by Crippen LogP contribution is 2.35. The Morgan fingerprint density at radius 1 is 1.12 bits per heavy atom. The fourth-order valence-corrected chi connectivity index (χ4v) is 3.62. The molecule has 120 valence electrons. The van der Waals surface area contributed by atoms with Gasteiger partial charge in [0.15, 0.2) is 10.9 Å². The van der Waals surface area contributed by atoms with E-state index < -0.39 is 0 Å². The molecular formula is C16H11Cl2N5S. The number of nitrogens with one attached hydrogen (secondary N) is 2. The van der Waals surface area contributed by atoms with Crippen molar-refractivity contribution >= 4 is 56.5 Å². The normalized spacial score (nSPS) is 11.1. The SMILES string of the molecule is Cc1cnc(Nc2nccc3[nH]c(-c4c(Cl)cccc4Cl)nc23)s1. The molecule has 0 bridgehead atoms. The Hall–Kier alpha value is -2.15. The number of H-pyrrole nitrogens is 1. The lowest BCUT2D eigenvalue weighted by Gasteiger charge is -2.02. The number of aromatic nitrogens is 4. The number of aryl methyl sites for hydroxylation is 1. The van der Waals surface area contributed by atoms with Gasteiger partial charge in [-0.05, 0) is 25.1 Å². The van der Waals surface area contributed by atoms with Crippen LogP contribution in [0.3, 0.4) is 0 Å². The predicted octanol–water partition coefficient (Wildman–Crippen LogP) is 5.44. The van der Waals surface area contributed by atoms with E-state index in [1.165, 1.54) is 0 Å². The lowest BCUT2D eigenvalue weighted by Crippen LogP contribution is -1.93. The van der Waals surface area contributed by atoms with Crippen LogP contribution in [0.25, 0.3) is 22.4 Å². The number of thiazole rings is 1. The third-order valence-corrected chi connectivity index (χ3v) is 4.91. The van der Waals surface area contributed by atoms with E-state index in [0.29, 0.717) is 32.8 Å². The van der Waals surface area contributed by atoms with Crippen LogP contribution in [0, 0.1) is 6.92 Å². The van der Waals surface area contributed by atoms with E-state index in [2.05, 4.69) is 25.3 Å². The summed E-state index contributed by atoms with van der Waals surface area (Å²) in [5, 5.41) is 5.06. The molecule has 0 saturated heterocycles. The highest BCUT2D eigenvalue weighted by molar-refractivity contribution is 7.15. The van der Waals surface area contributed by atoms with E-state index in [0.717, 1.165) is 15.5 Å². The van der Waals surface area contributed by atoms with Crippen molar-refractivity contribution in [3.05, 3.63) is 51.6 Å². The van der Waals surface area contributed by atoms with Crippen molar-refractivity contribution in [2.24, 2.45) is 0 Å². The molecule has 3 aromatic heterocycles. The molecule has 2 N–H and O–H groups in total. The molecule has 0 aliphatic rings. The highest BCUT2D eigenvalue weighted by atomic mass is 35.5. The minimum atomic E-state index is 0.541. The summed E-state index contributed by atoms with van der Waals surface area (Å²) in [7, 11) is 0. The highest BCUT2D eigenvalue weighted by Gasteiger charge is 2.15. The van der Waals surface area contributed by atoms with Gasteiger partial charge in [0, 0.05) is 17.3 Å². The fourth-order valence-electron chi connectivity index (χ4n) is 2.38. The van der Waals surface area contributed by atoms with Gasteiger partial charge >= 0.3 is 0 Å². The minimum absolute atomic E-state index is 0.541. The van der Waals surface area contributed by atoms with Crippen LogP contribution in [0.4, 0.5) is 10.9 Å². The van der Waals surface area contributed by atoms with Gasteiger partial charge in [-0.3, -0.25) is 0 Å². The lowest BCUT2D eigenvalue weighted by atomic mass is 10.2. The molecule has 0 unspecified atom stereocenters. The standard InChI is InChI=1S/C16H11Cl2N5S/c1-8-7-20-16(24-8)23-15-13-11(5-6-19-15)21-14(22-13)12-9(17)3-2-4-10(12)18/h2-7H,1H3,(H,21,22)(H,19,20,23). The third kappa shape index (κ3) is 2.73. The third-order valence-electron chi connectivity index (χ3n) is 3.45. The molecule has 5 nitrogen and oxygen atoms in total. The number of nitrogens with zero attached hydrogens (tertiary/aromatic N) is 3.